The highest BCUT2D eigenvalue weighted by Crippen LogP contribution is 2.52. The first-order chi connectivity index (χ1) is 11.5. The lowest BCUT2D eigenvalue weighted by molar-refractivity contribution is 0.0882. The van der Waals surface area contributed by atoms with Crippen LogP contribution in [0.4, 0.5) is 0 Å². The van der Waals surface area contributed by atoms with Crippen LogP contribution < -0.4 is 9.05 Å². The molecule has 0 saturated carbocycles. The second-order valence-corrected chi connectivity index (χ2v) is 9.37. The number of para-hydroxylation sites is 1. The van der Waals surface area contributed by atoms with Crippen LogP contribution in [0.15, 0.2) is 54.6 Å². The zero-order valence-electron chi connectivity index (χ0n) is 15.8. The van der Waals surface area contributed by atoms with E-state index in [2.05, 4.69) is 20.8 Å². The molecular formula is C20H27O4P. The van der Waals surface area contributed by atoms with Gasteiger partial charge in [-0.3, -0.25) is 4.52 Å². The number of hydrogen-bond acceptors (Lipinski definition) is 4. The summed E-state index contributed by atoms with van der Waals surface area (Å²) in [6.45, 7) is 11.8. The van der Waals surface area contributed by atoms with E-state index in [0.29, 0.717) is 11.5 Å². The molecule has 0 aliphatic rings. The molecule has 0 saturated heterocycles. The van der Waals surface area contributed by atoms with Crippen molar-refractivity contribution < 1.29 is 18.1 Å². The van der Waals surface area contributed by atoms with Gasteiger partial charge in [0.1, 0.15) is 11.5 Å². The summed E-state index contributed by atoms with van der Waals surface area (Å²) >= 11 is 0. The lowest BCUT2D eigenvalue weighted by Crippen LogP contribution is -2.21. The molecule has 25 heavy (non-hydrogen) atoms. The molecule has 2 rings (SSSR count). The van der Waals surface area contributed by atoms with E-state index in [0.717, 1.165) is 5.56 Å². The molecule has 0 bridgehead atoms. The Morgan fingerprint density at radius 3 is 1.88 bits per heavy atom. The largest absolute Gasteiger partial charge is 0.588 e. The second kappa shape index (κ2) is 7.23. The van der Waals surface area contributed by atoms with E-state index >= 15 is 0 Å². The Bertz CT molecular complexity index is 742. The van der Waals surface area contributed by atoms with Gasteiger partial charge in [-0.15, -0.1) is 0 Å². The predicted octanol–water partition coefficient (Wildman–Crippen LogP) is 6.37. The maximum Gasteiger partial charge on any atom is 0.588 e. The number of benzene rings is 2. The summed E-state index contributed by atoms with van der Waals surface area (Å²) in [5.41, 5.74) is 0.340. The Balaban J connectivity index is 2.32. The molecular weight excluding hydrogens is 335 g/mol. The number of phosphoric ester groups is 1. The SMILES string of the molecule is CC(C)(C)OP(=O)(Oc1ccccc1)Oc1cccc(C(C)(C)C)c1. The highest BCUT2D eigenvalue weighted by molar-refractivity contribution is 7.49. The molecule has 0 fully saturated rings. The van der Waals surface area contributed by atoms with Gasteiger partial charge in [0, 0.05) is 0 Å². The van der Waals surface area contributed by atoms with Crippen molar-refractivity contribution >= 4 is 7.82 Å². The van der Waals surface area contributed by atoms with Gasteiger partial charge in [-0.1, -0.05) is 51.1 Å². The van der Waals surface area contributed by atoms with Crippen LogP contribution in [-0.2, 0) is 14.5 Å². The zero-order chi connectivity index (χ0) is 18.7. The summed E-state index contributed by atoms with van der Waals surface area (Å²) in [4.78, 5) is 0. The normalized spacial score (nSPS) is 14.6. The number of rotatable bonds is 5. The fraction of sp³-hybridized carbons (Fsp3) is 0.400. The first kappa shape index (κ1) is 19.6. The summed E-state index contributed by atoms with van der Waals surface area (Å²) in [6.07, 6.45) is 0. The molecule has 1 atom stereocenters. The highest BCUT2D eigenvalue weighted by atomic mass is 31.2. The summed E-state index contributed by atoms with van der Waals surface area (Å²) in [6, 6.07) is 16.4. The Morgan fingerprint density at radius 2 is 1.32 bits per heavy atom. The fourth-order valence-electron chi connectivity index (χ4n) is 2.15. The molecule has 0 spiro atoms. The molecule has 0 aliphatic carbocycles. The van der Waals surface area contributed by atoms with Gasteiger partial charge in [0.05, 0.1) is 5.60 Å². The lowest BCUT2D eigenvalue weighted by atomic mass is 9.87. The lowest BCUT2D eigenvalue weighted by Gasteiger charge is -2.27. The summed E-state index contributed by atoms with van der Waals surface area (Å²) in [5, 5.41) is 0. The van der Waals surface area contributed by atoms with E-state index in [4.69, 9.17) is 13.6 Å². The second-order valence-electron chi connectivity index (χ2n) is 7.92. The summed E-state index contributed by atoms with van der Waals surface area (Å²) in [5.74, 6) is 0.887. The fourth-order valence-corrected chi connectivity index (χ4v) is 3.68. The molecule has 0 heterocycles. The van der Waals surface area contributed by atoms with E-state index < -0.39 is 13.4 Å². The molecule has 0 N–H and O–H groups in total. The Labute approximate surface area is 150 Å². The van der Waals surface area contributed by atoms with Gasteiger partial charge < -0.3 is 9.05 Å². The minimum absolute atomic E-state index is 0.0471. The van der Waals surface area contributed by atoms with E-state index in [1.54, 1.807) is 30.3 Å². The molecule has 0 amide bonds. The third-order valence-corrected chi connectivity index (χ3v) is 4.90. The van der Waals surface area contributed by atoms with Crippen molar-refractivity contribution in [1.82, 2.24) is 0 Å². The van der Waals surface area contributed by atoms with Crippen LogP contribution in [-0.4, -0.2) is 5.60 Å². The third-order valence-electron chi connectivity index (χ3n) is 3.26. The smallest absolute Gasteiger partial charge is 0.395 e. The molecule has 0 radical (unpaired) electrons. The molecule has 2 aromatic rings. The van der Waals surface area contributed by atoms with Crippen LogP contribution in [0.2, 0.25) is 0 Å². The molecule has 2 aromatic carbocycles. The van der Waals surface area contributed by atoms with Crippen molar-refractivity contribution in [3.05, 3.63) is 60.2 Å². The number of hydrogen-bond donors (Lipinski definition) is 0. The maximum absolute atomic E-state index is 13.3. The van der Waals surface area contributed by atoms with E-state index in [1.165, 1.54) is 0 Å². The standard InChI is InChI=1S/C20H27O4P/c1-19(2,3)16-11-10-14-18(15-16)23-25(21,24-20(4,5)6)22-17-12-8-7-9-13-17/h7-15H,1-6H3. The first-order valence-electron chi connectivity index (χ1n) is 8.32. The molecule has 5 heteroatoms. The Hall–Kier alpha value is -1.77. The average Bonchev–Trinajstić information content (AvgIpc) is 2.45. The maximum atomic E-state index is 13.3. The molecule has 1 unspecified atom stereocenters. The van der Waals surface area contributed by atoms with Crippen molar-refractivity contribution in [3.8, 4) is 11.5 Å². The van der Waals surface area contributed by atoms with Crippen LogP contribution in [0, 0.1) is 0 Å². The van der Waals surface area contributed by atoms with Gasteiger partial charge in [-0.2, -0.15) is 0 Å². The summed E-state index contributed by atoms with van der Waals surface area (Å²) < 4.78 is 30.3. The Kier molecular flexibility index (Phi) is 5.65. The topological polar surface area (TPSA) is 44.8 Å². The molecule has 4 nitrogen and oxygen atoms in total. The first-order valence-corrected chi connectivity index (χ1v) is 9.79. The van der Waals surface area contributed by atoms with Crippen LogP contribution >= 0.6 is 7.82 Å². The van der Waals surface area contributed by atoms with Crippen LogP contribution in [0.5, 0.6) is 11.5 Å². The van der Waals surface area contributed by atoms with Crippen molar-refractivity contribution in [2.75, 3.05) is 0 Å². The summed E-state index contributed by atoms with van der Waals surface area (Å²) in [7, 11) is -3.86. The van der Waals surface area contributed by atoms with Crippen molar-refractivity contribution in [1.29, 1.82) is 0 Å². The van der Waals surface area contributed by atoms with E-state index in [-0.39, 0.29) is 5.41 Å². The quantitative estimate of drug-likeness (QED) is 0.580. The number of phosphoric acid groups is 1. The average molecular weight is 362 g/mol. The van der Waals surface area contributed by atoms with Gasteiger partial charge in [0.2, 0.25) is 0 Å². The van der Waals surface area contributed by atoms with Gasteiger partial charge in [0.25, 0.3) is 0 Å². The minimum Gasteiger partial charge on any atom is -0.395 e. The Morgan fingerprint density at radius 1 is 0.760 bits per heavy atom. The van der Waals surface area contributed by atoms with Gasteiger partial charge in [0.15, 0.2) is 0 Å². The van der Waals surface area contributed by atoms with Crippen molar-refractivity contribution in [2.24, 2.45) is 0 Å². The van der Waals surface area contributed by atoms with Gasteiger partial charge in [-0.05, 0) is 56.0 Å². The van der Waals surface area contributed by atoms with E-state index in [9.17, 15) is 4.57 Å². The monoisotopic (exact) mass is 362 g/mol. The minimum atomic E-state index is -3.86. The third kappa shape index (κ3) is 6.22. The molecule has 0 aromatic heterocycles. The predicted molar refractivity (Wildman–Crippen MR) is 101 cm³/mol. The van der Waals surface area contributed by atoms with Gasteiger partial charge in [-0.25, -0.2) is 4.57 Å². The molecule has 136 valence electrons. The van der Waals surface area contributed by atoms with Crippen LogP contribution in [0.25, 0.3) is 0 Å². The van der Waals surface area contributed by atoms with Gasteiger partial charge >= 0.3 is 7.82 Å². The van der Waals surface area contributed by atoms with Crippen LogP contribution in [0.3, 0.4) is 0 Å². The highest BCUT2D eigenvalue weighted by Gasteiger charge is 2.36. The van der Waals surface area contributed by atoms with E-state index in [1.807, 2.05) is 45.0 Å². The van der Waals surface area contributed by atoms with Crippen molar-refractivity contribution in [3.63, 3.8) is 0 Å². The molecule has 0 aliphatic heterocycles. The van der Waals surface area contributed by atoms with Crippen LogP contribution in [0.1, 0.15) is 47.1 Å². The van der Waals surface area contributed by atoms with Crippen molar-refractivity contribution in [2.45, 2.75) is 52.6 Å². The zero-order valence-corrected chi connectivity index (χ0v) is 16.7.